The summed E-state index contributed by atoms with van der Waals surface area (Å²) in [6.07, 6.45) is 0. The van der Waals surface area contributed by atoms with Gasteiger partial charge in [-0.15, -0.1) is 0 Å². The lowest BCUT2D eigenvalue weighted by molar-refractivity contribution is -0.139. The molecule has 0 aromatic heterocycles. The topological polar surface area (TPSA) is 40.6 Å². The first-order chi connectivity index (χ1) is 11.1. The maximum absolute atomic E-state index is 12.8. The van der Waals surface area contributed by atoms with E-state index in [9.17, 15) is 9.59 Å². The molecule has 23 heavy (non-hydrogen) atoms. The standard InChI is InChI=1S/C17H13ClN2O2S/c18-12-6-2-1-5-11(12)9-19-10-15(21)20-13-7-3-4-8-14(13)23-17(20)16(19)22/h1-8,17H,9-10H2. The fourth-order valence-corrected chi connectivity index (χ4v) is 4.39. The Morgan fingerprint density at radius 2 is 1.83 bits per heavy atom. The number of thioether (sulfide) groups is 1. The molecule has 4 rings (SSSR count). The summed E-state index contributed by atoms with van der Waals surface area (Å²) in [7, 11) is 0. The van der Waals surface area contributed by atoms with Crippen LogP contribution in [-0.2, 0) is 16.1 Å². The molecule has 1 fully saturated rings. The van der Waals surface area contributed by atoms with E-state index in [1.807, 2.05) is 42.5 Å². The van der Waals surface area contributed by atoms with Crippen molar-refractivity contribution in [3.05, 3.63) is 59.1 Å². The molecule has 0 saturated carbocycles. The summed E-state index contributed by atoms with van der Waals surface area (Å²) in [6, 6.07) is 15.0. The van der Waals surface area contributed by atoms with Crippen LogP contribution < -0.4 is 4.90 Å². The van der Waals surface area contributed by atoms with E-state index in [0.717, 1.165) is 16.1 Å². The van der Waals surface area contributed by atoms with Crippen molar-refractivity contribution in [1.29, 1.82) is 0 Å². The second-order valence-electron chi connectivity index (χ2n) is 5.49. The van der Waals surface area contributed by atoms with Gasteiger partial charge >= 0.3 is 0 Å². The Morgan fingerprint density at radius 3 is 2.65 bits per heavy atom. The van der Waals surface area contributed by atoms with Gasteiger partial charge in [-0.2, -0.15) is 0 Å². The molecule has 1 saturated heterocycles. The number of para-hydroxylation sites is 1. The molecule has 0 spiro atoms. The van der Waals surface area contributed by atoms with Gasteiger partial charge in [0.1, 0.15) is 6.54 Å². The molecule has 1 unspecified atom stereocenters. The fraction of sp³-hybridized carbons (Fsp3) is 0.176. The van der Waals surface area contributed by atoms with Crippen molar-refractivity contribution in [2.75, 3.05) is 11.4 Å². The average Bonchev–Trinajstić information content (AvgIpc) is 2.94. The zero-order valence-electron chi connectivity index (χ0n) is 12.1. The van der Waals surface area contributed by atoms with Crippen LogP contribution in [0.3, 0.4) is 0 Å². The normalized spacial score (nSPS) is 19.8. The van der Waals surface area contributed by atoms with Crippen molar-refractivity contribution < 1.29 is 9.59 Å². The van der Waals surface area contributed by atoms with Crippen LogP contribution in [0.15, 0.2) is 53.4 Å². The van der Waals surface area contributed by atoms with Crippen LogP contribution in [-0.4, -0.2) is 28.6 Å². The number of hydrogen-bond acceptors (Lipinski definition) is 3. The van der Waals surface area contributed by atoms with Crippen LogP contribution in [0, 0.1) is 0 Å². The number of carbonyl (C=O) groups is 2. The first kappa shape index (κ1) is 14.6. The minimum atomic E-state index is -0.504. The number of piperazine rings is 1. The van der Waals surface area contributed by atoms with Gasteiger partial charge in [-0.25, -0.2) is 0 Å². The zero-order chi connectivity index (χ0) is 16.0. The minimum absolute atomic E-state index is 0.0503. The van der Waals surface area contributed by atoms with E-state index in [-0.39, 0.29) is 18.4 Å². The van der Waals surface area contributed by atoms with Crippen LogP contribution in [0.4, 0.5) is 5.69 Å². The number of hydrogen-bond donors (Lipinski definition) is 0. The third-order valence-corrected chi connectivity index (χ3v) is 5.64. The van der Waals surface area contributed by atoms with Crippen molar-refractivity contribution in [1.82, 2.24) is 4.90 Å². The molecule has 2 aliphatic rings. The van der Waals surface area contributed by atoms with E-state index in [4.69, 9.17) is 11.6 Å². The molecular weight excluding hydrogens is 332 g/mol. The third-order valence-electron chi connectivity index (χ3n) is 4.03. The van der Waals surface area contributed by atoms with E-state index in [1.54, 1.807) is 15.9 Å². The monoisotopic (exact) mass is 344 g/mol. The number of amides is 2. The van der Waals surface area contributed by atoms with Gasteiger partial charge in [0.2, 0.25) is 5.91 Å². The van der Waals surface area contributed by atoms with Crippen LogP contribution in [0.1, 0.15) is 5.56 Å². The van der Waals surface area contributed by atoms with Gasteiger partial charge in [-0.05, 0) is 23.8 Å². The number of halogens is 1. The summed E-state index contributed by atoms with van der Waals surface area (Å²) >= 11 is 7.60. The van der Waals surface area contributed by atoms with Gasteiger partial charge in [0.15, 0.2) is 5.37 Å². The van der Waals surface area contributed by atoms with E-state index in [0.29, 0.717) is 11.6 Å². The second-order valence-corrected chi connectivity index (χ2v) is 7.02. The summed E-state index contributed by atoms with van der Waals surface area (Å²) in [5, 5.41) is 0.105. The molecule has 2 aliphatic heterocycles. The highest BCUT2D eigenvalue weighted by molar-refractivity contribution is 8.01. The minimum Gasteiger partial charge on any atom is -0.326 e. The van der Waals surface area contributed by atoms with E-state index in [2.05, 4.69) is 0 Å². The molecule has 2 aromatic rings. The molecule has 2 heterocycles. The quantitative estimate of drug-likeness (QED) is 0.840. The van der Waals surface area contributed by atoms with Gasteiger partial charge in [-0.1, -0.05) is 53.7 Å². The highest BCUT2D eigenvalue weighted by Crippen LogP contribution is 2.45. The Morgan fingerprint density at radius 1 is 1.09 bits per heavy atom. The van der Waals surface area contributed by atoms with Crippen molar-refractivity contribution >= 4 is 40.9 Å². The number of carbonyl (C=O) groups excluding carboxylic acids is 2. The average molecular weight is 345 g/mol. The number of fused-ring (bicyclic) bond motifs is 3. The van der Waals surface area contributed by atoms with Crippen LogP contribution in [0.25, 0.3) is 0 Å². The lowest BCUT2D eigenvalue weighted by Crippen LogP contribution is -2.57. The van der Waals surface area contributed by atoms with Gasteiger partial charge in [-0.3, -0.25) is 14.5 Å². The number of rotatable bonds is 2. The second kappa shape index (κ2) is 5.58. The molecule has 2 amide bonds. The van der Waals surface area contributed by atoms with Crippen molar-refractivity contribution in [2.45, 2.75) is 16.8 Å². The number of anilines is 1. The zero-order valence-corrected chi connectivity index (χ0v) is 13.7. The Balaban J connectivity index is 1.62. The largest absolute Gasteiger partial charge is 0.326 e. The Kier molecular flexibility index (Phi) is 3.54. The molecule has 4 nitrogen and oxygen atoms in total. The molecule has 0 radical (unpaired) electrons. The molecule has 0 N–H and O–H groups in total. The molecule has 1 atom stereocenters. The number of benzene rings is 2. The summed E-state index contributed by atoms with van der Waals surface area (Å²) in [5.41, 5.74) is 1.68. The molecule has 116 valence electrons. The van der Waals surface area contributed by atoms with Crippen LogP contribution >= 0.6 is 23.4 Å². The Labute approximate surface area is 143 Å². The van der Waals surface area contributed by atoms with Gasteiger partial charge < -0.3 is 4.90 Å². The molecule has 0 aliphatic carbocycles. The van der Waals surface area contributed by atoms with E-state index >= 15 is 0 Å². The molecule has 2 aromatic carbocycles. The molecular formula is C17H13ClN2O2S. The van der Waals surface area contributed by atoms with Crippen LogP contribution in [0.2, 0.25) is 5.02 Å². The van der Waals surface area contributed by atoms with Crippen molar-refractivity contribution in [3.8, 4) is 0 Å². The fourth-order valence-electron chi connectivity index (χ4n) is 2.92. The summed E-state index contributed by atoms with van der Waals surface area (Å²) < 4.78 is 0. The van der Waals surface area contributed by atoms with Gasteiger partial charge in [0.05, 0.1) is 5.69 Å². The van der Waals surface area contributed by atoms with Crippen molar-refractivity contribution in [2.24, 2.45) is 0 Å². The maximum Gasteiger partial charge on any atom is 0.257 e. The third kappa shape index (κ3) is 2.40. The maximum atomic E-state index is 12.8. The summed E-state index contributed by atoms with van der Waals surface area (Å²) in [4.78, 5) is 29.5. The van der Waals surface area contributed by atoms with Gasteiger partial charge in [0, 0.05) is 16.5 Å². The number of nitrogens with zero attached hydrogens (tertiary/aromatic N) is 2. The highest BCUT2D eigenvalue weighted by atomic mass is 35.5. The van der Waals surface area contributed by atoms with Gasteiger partial charge in [0.25, 0.3) is 5.91 Å². The van der Waals surface area contributed by atoms with E-state index < -0.39 is 5.37 Å². The predicted molar refractivity (Wildman–Crippen MR) is 90.4 cm³/mol. The first-order valence-electron chi connectivity index (χ1n) is 7.25. The highest BCUT2D eigenvalue weighted by Gasteiger charge is 2.45. The van der Waals surface area contributed by atoms with Crippen molar-refractivity contribution in [3.63, 3.8) is 0 Å². The SMILES string of the molecule is O=C1C2Sc3ccccc3N2C(=O)CN1Cc1ccccc1Cl. The smallest absolute Gasteiger partial charge is 0.257 e. The molecule has 6 heteroatoms. The molecule has 0 bridgehead atoms. The first-order valence-corrected chi connectivity index (χ1v) is 8.51. The van der Waals surface area contributed by atoms with Crippen LogP contribution in [0.5, 0.6) is 0 Å². The predicted octanol–water partition coefficient (Wildman–Crippen LogP) is 3.15. The summed E-state index contributed by atoms with van der Waals surface area (Å²) in [5.74, 6) is -0.107. The lowest BCUT2D eigenvalue weighted by Gasteiger charge is -2.36. The van der Waals surface area contributed by atoms with E-state index in [1.165, 1.54) is 11.8 Å². The summed E-state index contributed by atoms with van der Waals surface area (Å²) in [6.45, 7) is 0.431. The lowest BCUT2D eigenvalue weighted by atomic mass is 10.1. The Bertz CT molecular complexity index is 811. The Hall–Kier alpha value is -1.98.